The fourth-order valence-corrected chi connectivity index (χ4v) is 3.61. The van der Waals surface area contributed by atoms with E-state index in [4.69, 9.17) is 16.3 Å². The van der Waals surface area contributed by atoms with Gasteiger partial charge < -0.3 is 19.9 Å². The van der Waals surface area contributed by atoms with Crippen molar-refractivity contribution in [2.24, 2.45) is 0 Å². The van der Waals surface area contributed by atoms with Crippen molar-refractivity contribution in [3.63, 3.8) is 0 Å². The zero-order valence-electron chi connectivity index (χ0n) is 19.8. The molecule has 10 nitrogen and oxygen atoms in total. The Labute approximate surface area is 208 Å². The monoisotopic (exact) mass is 494 g/mol. The number of aromatic nitrogens is 6. The molecule has 3 aromatic heterocycles. The van der Waals surface area contributed by atoms with Gasteiger partial charge in [0.05, 0.1) is 42.2 Å². The summed E-state index contributed by atoms with van der Waals surface area (Å²) in [6.07, 6.45) is 11.3. The summed E-state index contributed by atoms with van der Waals surface area (Å²) in [5.74, 6) is 0.660. The van der Waals surface area contributed by atoms with Crippen LogP contribution in [0.3, 0.4) is 0 Å². The van der Waals surface area contributed by atoms with Gasteiger partial charge in [-0.25, -0.2) is 15.0 Å². The largest absolute Gasteiger partial charge is 0.495 e. The van der Waals surface area contributed by atoms with Crippen LogP contribution in [-0.4, -0.2) is 48.9 Å². The third kappa shape index (κ3) is 5.96. The molecule has 0 atom stereocenters. The van der Waals surface area contributed by atoms with E-state index in [0.717, 1.165) is 18.5 Å². The number of hydrogen-bond donors (Lipinski definition) is 2. The van der Waals surface area contributed by atoms with E-state index in [-0.39, 0.29) is 11.9 Å². The number of nitrogens with zero attached hydrogens (tertiary/aromatic N) is 6. The number of methoxy groups -OCH3 is 1. The standard InChI is InChI=1S/C24H27ClN8O2/c1-16(2)33-14-18(12-29-33)22-19(25)13-28-24(31-22)30-20-6-5-17(11-21(20)35-3)23(34)27-7-4-9-32-10-8-26-15-32/h5-6,8,10-16H,4,7,9H2,1-3H3,(H,27,34)(H,28,30,31). The molecule has 4 rings (SSSR count). The number of benzene rings is 1. The minimum absolute atomic E-state index is 0.173. The predicted octanol–water partition coefficient (Wildman–Crippen LogP) is 4.34. The molecule has 1 amide bonds. The van der Waals surface area contributed by atoms with E-state index in [9.17, 15) is 4.79 Å². The average Bonchev–Trinajstić information content (AvgIpc) is 3.56. The van der Waals surface area contributed by atoms with E-state index in [2.05, 4.69) is 30.7 Å². The number of ether oxygens (including phenoxy) is 1. The first-order valence-corrected chi connectivity index (χ1v) is 11.6. The molecule has 0 saturated heterocycles. The highest BCUT2D eigenvalue weighted by Crippen LogP contribution is 2.30. The van der Waals surface area contributed by atoms with Crippen LogP contribution in [0.2, 0.25) is 5.02 Å². The first-order chi connectivity index (χ1) is 16.9. The minimum Gasteiger partial charge on any atom is -0.495 e. The van der Waals surface area contributed by atoms with E-state index in [0.29, 0.717) is 40.2 Å². The third-order valence-electron chi connectivity index (χ3n) is 5.30. The smallest absolute Gasteiger partial charge is 0.251 e. The van der Waals surface area contributed by atoms with Gasteiger partial charge in [0.15, 0.2) is 0 Å². The molecule has 1 aromatic carbocycles. The molecule has 35 heavy (non-hydrogen) atoms. The van der Waals surface area contributed by atoms with E-state index in [1.807, 2.05) is 35.5 Å². The molecular weight excluding hydrogens is 468 g/mol. The lowest BCUT2D eigenvalue weighted by atomic mass is 10.1. The number of halogens is 1. The molecule has 3 heterocycles. The lowest BCUT2D eigenvalue weighted by Gasteiger charge is -2.13. The number of anilines is 2. The van der Waals surface area contributed by atoms with E-state index < -0.39 is 0 Å². The van der Waals surface area contributed by atoms with Gasteiger partial charge in [-0.2, -0.15) is 5.10 Å². The van der Waals surface area contributed by atoms with Crippen LogP contribution >= 0.6 is 11.6 Å². The average molecular weight is 495 g/mol. The second kappa shape index (κ2) is 11.0. The third-order valence-corrected chi connectivity index (χ3v) is 5.57. The number of amides is 1. The summed E-state index contributed by atoms with van der Waals surface area (Å²) in [4.78, 5) is 25.4. The van der Waals surface area contributed by atoms with Crippen molar-refractivity contribution in [2.75, 3.05) is 19.0 Å². The molecule has 0 aliphatic carbocycles. The van der Waals surface area contributed by atoms with Crippen molar-refractivity contribution in [3.05, 3.63) is 66.1 Å². The van der Waals surface area contributed by atoms with Crippen molar-refractivity contribution >= 4 is 29.1 Å². The molecule has 0 fully saturated rings. The Kier molecular flexibility index (Phi) is 7.61. The number of carbonyl (C=O) groups excluding carboxylic acids is 1. The summed E-state index contributed by atoms with van der Waals surface area (Å²) in [6.45, 7) is 5.42. The minimum atomic E-state index is -0.173. The van der Waals surface area contributed by atoms with E-state index in [1.54, 1.807) is 44.0 Å². The van der Waals surface area contributed by atoms with Crippen molar-refractivity contribution < 1.29 is 9.53 Å². The van der Waals surface area contributed by atoms with Crippen LogP contribution in [0.5, 0.6) is 5.75 Å². The Morgan fingerprint density at radius 2 is 2.11 bits per heavy atom. The van der Waals surface area contributed by atoms with Gasteiger partial charge >= 0.3 is 0 Å². The SMILES string of the molecule is COc1cc(C(=O)NCCCn2ccnc2)ccc1Nc1ncc(Cl)c(-c2cnn(C(C)C)c2)n1. The summed E-state index contributed by atoms with van der Waals surface area (Å²) in [5, 5.41) is 10.9. The molecule has 0 bridgehead atoms. The van der Waals surface area contributed by atoms with Crippen LogP contribution in [0.15, 0.2) is 55.5 Å². The van der Waals surface area contributed by atoms with Gasteiger partial charge in [0.25, 0.3) is 5.91 Å². The molecule has 0 aliphatic rings. The normalized spacial score (nSPS) is 11.0. The Hall–Kier alpha value is -3.92. The zero-order chi connectivity index (χ0) is 24.8. The number of rotatable bonds is 10. The lowest BCUT2D eigenvalue weighted by molar-refractivity contribution is 0.0952. The van der Waals surface area contributed by atoms with Gasteiger partial charge in [-0.1, -0.05) is 11.6 Å². The molecule has 0 unspecified atom stereocenters. The van der Waals surface area contributed by atoms with Gasteiger partial charge in [0.2, 0.25) is 5.95 Å². The van der Waals surface area contributed by atoms with Crippen LogP contribution in [-0.2, 0) is 6.54 Å². The van der Waals surface area contributed by atoms with Gasteiger partial charge in [-0.15, -0.1) is 0 Å². The van der Waals surface area contributed by atoms with E-state index >= 15 is 0 Å². The summed E-state index contributed by atoms with van der Waals surface area (Å²) < 4.78 is 9.31. The molecule has 0 saturated carbocycles. The van der Waals surface area contributed by atoms with Crippen LogP contribution in [0.4, 0.5) is 11.6 Å². The second-order valence-electron chi connectivity index (χ2n) is 8.14. The maximum Gasteiger partial charge on any atom is 0.251 e. The zero-order valence-corrected chi connectivity index (χ0v) is 20.5. The van der Waals surface area contributed by atoms with Crippen molar-refractivity contribution in [1.29, 1.82) is 0 Å². The topological polar surface area (TPSA) is 112 Å². The van der Waals surface area contributed by atoms with Gasteiger partial charge in [-0.3, -0.25) is 9.48 Å². The highest BCUT2D eigenvalue weighted by Gasteiger charge is 2.14. The molecular formula is C24H27ClN8O2. The molecule has 0 spiro atoms. The lowest BCUT2D eigenvalue weighted by Crippen LogP contribution is -2.25. The van der Waals surface area contributed by atoms with Gasteiger partial charge in [-0.05, 0) is 38.5 Å². The van der Waals surface area contributed by atoms with Gasteiger partial charge in [0.1, 0.15) is 5.75 Å². The number of nitrogens with one attached hydrogen (secondary N) is 2. The number of aryl methyl sites for hydroxylation is 1. The van der Waals surface area contributed by atoms with E-state index in [1.165, 1.54) is 6.20 Å². The Bertz CT molecular complexity index is 1290. The van der Waals surface area contributed by atoms with Crippen molar-refractivity contribution in [1.82, 2.24) is 34.6 Å². The molecule has 11 heteroatoms. The number of imidazole rings is 1. The van der Waals surface area contributed by atoms with Crippen molar-refractivity contribution in [3.8, 4) is 17.0 Å². The quantitative estimate of drug-likeness (QED) is 0.315. The summed E-state index contributed by atoms with van der Waals surface area (Å²) >= 11 is 6.35. The van der Waals surface area contributed by atoms with Crippen molar-refractivity contribution in [2.45, 2.75) is 32.9 Å². The molecule has 2 N–H and O–H groups in total. The Morgan fingerprint density at radius 1 is 1.26 bits per heavy atom. The van der Waals surface area contributed by atoms with Gasteiger partial charge in [0, 0.05) is 48.8 Å². The Morgan fingerprint density at radius 3 is 2.83 bits per heavy atom. The fraction of sp³-hybridized carbons (Fsp3) is 0.292. The summed E-state index contributed by atoms with van der Waals surface area (Å²) in [6, 6.07) is 5.38. The summed E-state index contributed by atoms with van der Waals surface area (Å²) in [7, 11) is 1.54. The van der Waals surface area contributed by atoms with Crippen LogP contribution < -0.4 is 15.4 Å². The first kappa shape index (κ1) is 24.2. The van der Waals surface area contributed by atoms with Crippen LogP contribution in [0.1, 0.15) is 36.7 Å². The first-order valence-electron chi connectivity index (χ1n) is 11.2. The maximum absolute atomic E-state index is 12.6. The molecule has 0 radical (unpaired) electrons. The molecule has 182 valence electrons. The van der Waals surface area contributed by atoms with Crippen LogP contribution in [0, 0.1) is 0 Å². The summed E-state index contributed by atoms with van der Waals surface area (Å²) in [5.41, 5.74) is 2.48. The Balaban J connectivity index is 1.44. The molecule has 0 aliphatic heterocycles. The molecule has 4 aromatic rings. The number of hydrogen-bond acceptors (Lipinski definition) is 7. The second-order valence-corrected chi connectivity index (χ2v) is 8.55. The predicted molar refractivity (Wildman–Crippen MR) is 134 cm³/mol. The highest BCUT2D eigenvalue weighted by atomic mass is 35.5. The maximum atomic E-state index is 12.6. The number of carbonyl (C=O) groups is 1. The fourth-order valence-electron chi connectivity index (χ4n) is 3.41. The van der Waals surface area contributed by atoms with Crippen LogP contribution in [0.25, 0.3) is 11.3 Å². The highest BCUT2D eigenvalue weighted by molar-refractivity contribution is 6.32.